The number of sulfonamides is 1. The zero-order chi connectivity index (χ0) is 21.9. The minimum Gasteiger partial charge on any atom is -0.339 e. The second kappa shape index (κ2) is 8.60. The van der Waals surface area contributed by atoms with E-state index in [0.717, 1.165) is 6.07 Å². The van der Waals surface area contributed by atoms with Gasteiger partial charge in [0.15, 0.2) is 0 Å². The molecule has 1 aliphatic rings. The van der Waals surface area contributed by atoms with Gasteiger partial charge < -0.3 is 9.47 Å². The summed E-state index contributed by atoms with van der Waals surface area (Å²) in [6.45, 7) is -0.183. The van der Waals surface area contributed by atoms with Gasteiger partial charge in [-0.05, 0) is 11.6 Å². The highest BCUT2D eigenvalue weighted by molar-refractivity contribution is 7.88. The minimum absolute atomic E-state index is 0.0817. The number of benzene rings is 1. The number of halogens is 3. The van der Waals surface area contributed by atoms with Crippen LogP contribution in [0.25, 0.3) is 0 Å². The average molecular weight is 443 g/mol. The summed E-state index contributed by atoms with van der Waals surface area (Å²) in [5.41, 5.74) is -1.09. The first-order valence-corrected chi connectivity index (χ1v) is 10.7. The highest BCUT2D eigenvalue weighted by atomic mass is 32.2. The van der Waals surface area contributed by atoms with Gasteiger partial charge in [-0.1, -0.05) is 30.3 Å². The minimum atomic E-state index is -4.63. The van der Waals surface area contributed by atoms with Crippen LogP contribution in [0, 0.1) is 0 Å². The summed E-state index contributed by atoms with van der Waals surface area (Å²) < 4.78 is 65.6. The molecule has 162 valence electrons. The van der Waals surface area contributed by atoms with Crippen LogP contribution in [-0.4, -0.2) is 54.3 Å². The highest BCUT2D eigenvalue weighted by Gasteiger charge is 2.32. The lowest BCUT2D eigenvalue weighted by atomic mass is 10.2. The van der Waals surface area contributed by atoms with Crippen molar-refractivity contribution >= 4 is 15.9 Å². The van der Waals surface area contributed by atoms with E-state index in [0.29, 0.717) is 22.4 Å². The van der Waals surface area contributed by atoms with E-state index in [9.17, 15) is 31.2 Å². The molecule has 1 aromatic carbocycles. The Bertz CT molecular complexity index is 1060. The molecule has 0 unspecified atom stereocenters. The molecule has 0 aliphatic carbocycles. The lowest BCUT2D eigenvalue weighted by Gasteiger charge is -2.34. The molecule has 0 atom stereocenters. The molecule has 7 nitrogen and oxygen atoms in total. The molecule has 2 aromatic rings. The Morgan fingerprint density at radius 2 is 1.60 bits per heavy atom. The molecule has 1 saturated heterocycles. The van der Waals surface area contributed by atoms with Gasteiger partial charge in [0.25, 0.3) is 5.56 Å². The van der Waals surface area contributed by atoms with Crippen LogP contribution in [-0.2, 0) is 33.3 Å². The van der Waals surface area contributed by atoms with Crippen molar-refractivity contribution in [2.45, 2.75) is 18.5 Å². The Labute approximate surface area is 171 Å². The molecule has 1 fully saturated rings. The van der Waals surface area contributed by atoms with Crippen molar-refractivity contribution in [3.05, 3.63) is 70.1 Å². The first-order valence-electron chi connectivity index (χ1n) is 9.13. The van der Waals surface area contributed by atoms with E-state index >= 15 is 0 Å². The Kier molecular flexibility index (Phi) is 6.32. The Balaban J connectivity index is 1.61. The Morgan fingerprint density at radius 1 is 0.967 bits per heavy atom. The van der Waals surface area contributed by atoms with E-state index in [1.165, 1.54) is 9.21 Å². The number of rotatable bonds is 5. The molecule has 30 heavy (non-hydrogen) atoms. The lowest BCUT2D eigenvalue weighted by Crippen LogP contribution is -2.51. The van der Waals surface area contributed by atoms with Crippen molar-refractivity contribution in [3.8, 4) is 0 Å². The van der Waals surface area contributed by atoms with Gasteiger partial charge in [-0.2, -0.15) is 17.5 Å². The quantitative estimate of drug-likeness (QED) is 0.702. The van der Waals surface area contributed by atoms with Crippen molar-refractivity contribution in [3.63, 3.8) is 0 Å². The van der Waals surface area contributed by atoms with Crippen molar-refractivity contribution in [2.75, 3.05) is 26.2 Å². The predicted molar refractivity (Wildman–Crippen MR) is 103 cm³/mol. The molecule has 1 amide bonds. The second-order valence-electron chi connectivity index (χ2n) is 6.90. The van der Waals surface area contributed by atoms with Crippen LogP contribution in [0.1, 0.15) is 11.1 Å². The monoisotopic (exact) mass is 443 g/mol. The topological polar surface area (TPSA) is 79.7 Å². The first-order chi connectivity index (χ1) is 14.1. The SMILES string of the molecule is O=C(Cn1cc(C(F)(F)F)ccc1=O)N1CCN(S(=O)(=O)Cc2ccccc2)CC1. The number of amides is 1. The third kappa shape index (κ3) is 5.28. The zero-order valence-electron chi connectivity index (χ0n) is 15.9. The van der Waals surface area contributed by atoms with Crippen molar-refractivity contribution in [1.82, 2.24) is 13.8 Å². The van der Waals surface area contributed by atoms with Crippen LogP contribution in [0.2, 0.25) is 0 Å². The third-order valence-corrected chi connectivity index (χ3v) is 6.64. The fraction of sp³-hybridized carbons (Fsp3) is 0.368. The zero-order valence-corrected chi connectivity index (χ0v) is 16.7. The Hall–Kier alpha value is -2.66. The number of carbonyl (C=O) groups excluding carboxylic acids is 1. The van der Waals surface area contributed by atoms with Gasteiger partial charge in [-0.25, -0.2) is 8.42 Å². The molecular formula is C19H20F3N3O4S. The number of hydrogen-bond donors (Lipinski definition) is 0. The Morgan fingerprint density at radius 3 is 2.20 bits per heavy atom. The highest BCUT2D eigenvalue weighted by Crippen LogP contribution is 2.28. The van der Waals surface area contributed by atoms with E-state index in [-0.39, 0.29) is 31.9 Å². The molecule has 0 spiro atoms. The molecule has 1 aliphatic heterocycles. The largest absolute Gasteiger partial charge is 0.417 e. The van der Waals surface area contributed by atoms with Gasteiger partial charge >= 0.3 is 6.18 Å². The van der Waals surface area contributed by atoms with E-state index in [4.69, 9.17) is 0 Å². The number of hydrogen-bond acceptors (Lipinski definition) is 4. The molecule has 1 aromatic heterocycles. The van der Waals surface area contributed by atoms with Crippen LogP contribution in [0.4, 0.5) is 13.2 Å². The third-order valence-electron chi connectivity index (χ3n) is 4.79. The fourth-order valence-corrected chi connectivity index (χ4v) is 4.68. The number of aromatic nitrogens is 1. The maximum Gasteiger partial charge on any atom is 0.417 e. The normalized spacial score (nSPS) is 15.9. The summed E-state index contributed by atoms with van der Waals surface area (Å²) in [4.78, 5) is 25.6. The number of piperazine rings is 1. The van der Waals surface area contributed by atoms with E-state index < -0.39 is 39.8 Å². The maximum absolute atomic E-state index is 12.8. The van der Waals surface area contributed by atoms with Crippen LogP contribution < -0.4 is 5.56 Å². The smallest absolute Gasteiger partial charge is 0.339 e. The standard InChI is InChI=1S/C19H20F3N3O4S/c20-19(21,22)16-6-7-17(26)24(12-16)13-18(27)23-8-10-25(11-9-23)30(28,29)14-15-4-2-1-3-5-15/h1-7,12H,8-11,13-14H2. The summed E-state index contributed by atoms with van der Waals surface area (Å²) in [6.07, 6.45) is -4.02. The number of alkyl halides is 3. The molecule has 3 rings (SSSR count). The molecular weight excluding hydrogens is 423 g/mol. The number of carbonyl (C=O) groups is 1. The molecule has 0 radical (unpaired) electrons. The van der Waals surface area contributed by atoms with Crippen molar-refractivity contribution in [1.29, 1.82) is 0 Å². The van der Waals surface area contributed by atoms with E-state index in [1.807, 2.05) is 0 Å². The van der Waals surface area contributed by atoms with Gasteiger partial charge in [-0.15, -0.1) is 0 Å². The molecule has 2 heterocycles. The second-order valence-corrected chi connectivity index (χ2v) is 8.87. The summed E-state index contributed by atoms with van der Waals surface area (Å²) in [5.74, 6) is -0.696. The summed E-state index contributed by atoms with van der Waals surface area (Å²) >= 11 is 0. The first kappa shape index (κ1) is 22.0. The summed E-state index contributed by atoms with van der Waals surface area (Å²) in [7, 11) is -3.56. The summed E-state index contributed by atoms with van der Waals surface area (Å²) in [6, 6.07) is 10.1. The number of nitrogens with zero attached hydrogens (tertiary/aromatic N) is 3. The maximum atomic E-state index is 12.8. The molecule has 11 heteroatoms. The lowest BCUT2D eigenvalue weighted by molar-refractivity contribution is -0.139. The van der Waals surface area contributed by atoms with Crippen LogP contribution in [0.3, 0.4) is 0 Å². The van der Waals surface area contributed by atoms with E-state index in [1.54, 1.807) is 30.3 Å². The number of pyridine rings is 1. The van der Waals surface area contributed by atoms with Gasteiger partial charge in [-0.3, -0.25) is 9.59 Å². The van der Waals surface area contributed by atoms with Crippen LogP contribution >= 0.6 is 0 Å². The van der Waals surface area contributed by atoms with Crippen molar-refractivity contribution < 1.29 is 26.4 Å². The van der Waals surface area contributed by atoms with Gasteiger partial charge in [0.1, 0.15) is 6.54 Å². The van der Waals surface area contributed by atoms with E-state index in [2.05, 4.69) is 0 Å². The molecule has 0 N–H and O–H groups in total. The van der Waals surface area contributed by atoms with Gasteiger partial charge in [0.2, 0.25) is 15.9 Å². The van der Waals surface area contributed by atoms with Gasteiger partial charge in [0, 0.05) is 38.4 Å². The van der Waals surface area contributed by atoms with Gasteiger partial charge in [0.05, 0.1) is 11.3 Å². The summed E-state index contributed by atoms with van der Waals surface area (Å²) in [5, 5.41) is 0. The predicted octanol–water partition coefficient (Wildman–Crippen LogP) is 1.54. The van der Waals surface area contributed by atoms with Crippen LogP contribution in [0.5, 0.6) is 0 Å². The molecule has 0 bridgehead atoms. The fourth-order valence-electron chi connectivity index (χ4n) is 3.16. The average Bonchev–Trinajstić information content (AvgIpc) is 2.69. The molecule has 0 saturated carbocycles. The van der Waals surface area contributed by atoms with Crippen LogP contribution in [0.15, 0.2) is 53.5 Å². The van der Waals surface area contributed by atoms with Crippen molar-refractivity contribution in [2.24, 2.45) is 0 Å².